The minimum Gasteiger partial charge on any atom is -0.481 e. The second-order valence-electron chi connectivity index (χ2n) is 22.9. The number of hydrogen-bond donors (Lipinski definition) is 1. The molecule has 10 nitrogen and oxygen atoms in total. The first-order chi connectivity index (χ1) is 27.0. The van der Waals surface area contributed by atoms with Crippen LogP contribution in [0.25, 0.3) is 0 Å². The van der Waals surface area contributed by atoms with Gasteiger partial charge in [0, 0.05) is 22.3 Å². The van der Waals surface area contributed by atoms with Gasteiger partial charge in [-0.3, -0.25) is 24.0 Å². The van der Waals surface area contributed by atoms with E-state index in [0.717, 1.165) is 38.5 Å². The first-order valence-corrected chi connectivity index (χ1v) is 23.7. The smallest absolute Gasteiger partial charge is 0.312 e. The van der Waals surface area contributed by atoms with Gasteiger partial charge in [0.1, 0.15) is 17.3 Å². The Morgan fingerprint density at radius 3 is 1.86 bits per heavy atom. The highest BCUT2D eigenvalue weighted by Gasteiger charge is 2.66. The predicted octanol–water partition coefficient (Wildman–Crippen LogP) is 9.34. The van der Waals surface area contributed by atoms with Crippen LogP contribution in [0, 0.1) is 63.1 Å². The van der Waals surface area contributed by atoms with Crippen LogP contribution in [0.3, 0.4) is 0 Å². The molecule has 0 aromatic carbocycles. The molecule has 9 atom stereocenters. The highest BCUT2D eigenvalue weighted by molar-refractivity contribution is 8.00. The molecule has 1 saturated heterocycles. The molecule has 7 aliphatic carbocycles. The maximum absolute atomic E-state index is 15.2. The average molecular weight is 829 g/mol. The maximum atomic E-state index is 15.2. The summed E-state index contributed by atoms with van der Waals surface area (Å²) in [6.45, 7) is 16.4. The molecule has 7 saturated carbocycles. The number of carbonyl (C=O) groups is 5. The Labute approximate surface area is 351 Å². The molecule has 8 fully saturated rings. The van der Waals surface area contributed by atoms with Crippen LogP contribution < -0.4 is 0 Å². The molecule has 1 aliphatic heterocycles. The van der Waals surface area contributed by atoms with Gasteiger partial charge >= 0.3 is 29.8 Å². The van der Waals surface area contributed by atoms with E-state index in [-0.39, 0.29) is 60.6 Å². The number of carbonyl (C=O) groups excluding carboxylic acids is 4. The van der Waals surface area contributed by atoms with Crippen molar-refractivity contribution >= 4 is 41.6 Å². The third kappa shape index (κ3) is 8.47. The van der Waals surface area contributed by atoms with Gasteiger partial charge in [-0.1, -0.05) is 26.2 Å². The molecule has 1 heterocycles. The Balaban J connectivity index is 1.19. The highest BCUT2D eigenvalue weighted by Crippen LogP contribution is 2.62. The standard InChI is InChI=1S/C47H72O10S/c1-10-44(7,38(49)50)25-46(9,40(52)56-42(2,3)4)26-45(8,41(53)57-47-20-27-16-28(21-47)18-29(17-27)22-47)24-43(5,6)39(51)55-35-32-19-31(33-23-54-37(48)34(32)33)36(35)58-30-14-12-11-13-15-30/h27-36H,10-26H2,1-9H3,(H,49,50). The highest BCUT2D eigenvalue weighted by atomic mass is 32.2. The zero-order valence-corrected chi connectivity index (χ0v) is 37.6. The van der Waals surface area contributed by atoms with Crippen LogP contribution in [-0.2, 0) is 42.9 Å². The molecule has 1 N–H and O–H groups in total. The molecule has 8 aliphatic rings. The summed E-state index contributed by atoms with van der Waals surface area (Å²) in [6.07, 6.45) is 12.5. The van der Waals surface area contributed by atoms with E-state index in [1.807, 2.05) is 25.6 Å². The second-order valence-corrected chi connectivity index (χ2v) is 24.3. The van der Waals surface area contributed by atoms with Gasteiger partial charge in [-0.05, 0) is 163 Å². The molecule has 6 bridgehead atoms. The van der Waals surface area contributed by atoms with Crippen molar-refractivity contribution in [1.82, 2.24) is 0 Å². The lowest BCUT2D eigenvalue weighted by molar-refractivity contribution is -0.202. The summed E-state index contributed by atoms with van der Waals surface area (Å²) < 4.78 is 25.1. The third-order valence-corrected chi connectivity index (χ3v) is 17.7. The van der Waals surface area contributed by atoms with Crippen molar-refractivity contribution in [2.24, 2.45) is 63.1 Å². The zero-order valence-electron chi connectivity index (χ0n) is 36.8. The summed E-state index contributed by atoms with van der Waals surface area (Å²) >= 11 is 1.96. The maximum Gasteiger partial charge on any atom is 0.312 e. The fraction of sp³-hybridized carbons (Fsp3) is 0.894. The predicted molar refractivity (Wildman–Crippen MR) is 220 cm³/mol. The summed E-state index contributed by atoms with van der Waals surface area (Å²) in [4.78, 5) is 70.3. The fourth-order valence-corrected chi connectivity index (χ4v) is 15.7. The Bertz CT molecular complexity index is 1590. The van der Waals surface area contributed by atoms with Gasteiger partial charge in [0.05, 0.1) is 34.2 Å². The van der Waals surface area contributed by atoms with Crippen molar-refractivity contribution in [3.05, 3.63) is 0 Å². The zero-order chi connectivity index (χ0) is 42.2. The van der Waals surface area contributed by atoms with Gasteiger partial charge in [-0.15, -0.1) is 0 Å². The number of carboxylic acids is 1. The van der Waals surface area contributed by atoms with Crippen LogP contribution in [0.1, 0.15) is 165 Å². The largest absolute Gasteiger partial charge is 0.481 e. The van der Waals surface area contributed by atoms with Crippen molar-refractivity contribution in [3.63, 3.8) is 0 Å². The third-order valence-electron chi connectivity index (χ3n) is 15.9. The van der Waals surface area contributed by atoms with Gasteiger partial charge in [0.25, 0.3) is 0 Å². The van der Waals surface area contributed by atoms with Gasteiger partial charge in [-0.2, -0.15) is 11.8 Å². The average Bonchev–Trinajstić information content (AvgIpc) is 3.78. The fourth-order valence-electron chi connectivity index (χ4n) is 13.7. The Hall–Kier alpha value is -2.30. The summed E-state index contributed by atoms with van der Waals surface area (Å²) in [6, 6.07) is 0. The van der Waals surface area contributed by atoms with E-state index in [2.05, 4.69) is 0 Å². The number of esters is 4. The van der Waals surface area contributed by atoms with Crippen molar-refractivity contribution in [2.45, 2.75) is 193 Å². The first kappa shape index (κ1) is 43.8. The van der Waals surface area contributed by atoms with Gasteiger partial charge in [0.2, 0.25) is 0 Å². The number of thioether (sulfide) groups is 1. The van der Waals surface area contributed by atoms with Crippen molar-refractivity contribution in [1.29, 1.82) is 0 Å². The van der Waals surface area contributed by atoms with Crippen LogP contribution in [0.15, 0.2) is 0 Å². The van der Waals surface area contributed by atoms with E-state index in [1.54, 1.807) is 48.5 Å². The topological polar surface area (TPSA) is 142 Å². The van der Waals surface area contributed by atoms with E-state index in [9.17, 15) is 24.3 Å². The van der Waals surface area contributed by atoms with E-state index in [1.165, 1.54) is 38.5 Å². The number of hydrogen-bond acceptors (Lipinski definition) is 10. The minimum atomic E-state index is -1.42. The van der Waals surface area contributed by atoms with Gasteiger partial charge in [-0.25, -0.2) is 0 Å². The molecule has 0 aromatic heterocycles. The lowest BCUT2D eigenvalue weighted by Crippen LogP contribution is -2.55. The molecule has 0 spiro atoms. The van der Waals surface area contributed by atoms with Crippen molar-refractivity contribution in [2.75, 3.05) is 6.61 Å². The lowest BCUT2D eigenvalue weighted by atomic mass is 9.54. The van der Waals surface area contributed by atoms with Gasteiger partial charge < -0.3 is 24.1 Å². The summed E-state index contributed by atoms with van der Waals surface area (Å²) in [5.41, 5.74) is -6.73. The molecule has 11 heteroatoms. The minimum absolute atomic E-state index is 0.0215. The molecule has 0 amide bonds. The molecule has 326 valence electrons. The van der Waals surface area contributed by atoms with Crippen LogP contribution in [0.5, 0.6) is 0 Å². The van der Waals surface area contributed by atoms with Gasteiger partial charge in [0.15, 0.2) is 0 Å². The Kier molecular flexibility index (Phi) is 11.7. The molecule has 0 aromatic rings. The van der Waals surface area contributed by atoms with E-state index in [4.69, 9.17) is 18.9 Å². The number of rotatable bonds is 15. The molecular weight excluding hydrogens is 757 g/mol. The summed E-state index contributed by atoms with van der Waals surface area (Å²) in [5.74, 6) is -1.01. The number of aliphatic carboxylic acids is 1. The van der Waals surface area contributed by atoms with Crippen LogP contribution >= 0.6 is 11.8 Å². The Morgan fingerprint density at radius 1 is 0.741 bits per heavy atom. The Morgan fingerprint density at radius 2 is 1.31 bits per heavy atom. The normalized spacial score (nSPS) is 37.3. The number of ether oxygens (including phenoxy) is 4. The summed E-state index contributed by atoms with van der Waals surface area (Å²) in [5, 5.41) is 11.0. The van der Waals surface area contributed by atoms with E-state index in [0.29, 0.717) is 29.6 Å². The van der Waals surface area contributed by atoms with Crippen molar-refractivity contribution in [3.8, 4) is 0 Å². The number of fused-ring (bicyclic) bond motifs is 5. The molecule has 8 rings (SSSR count). The van der Waals surface area contributed by atoms with Crippen LogP contribution in [-0.4, -0.2) is 69.4 Å². The van der Waals surface area contributed by atoms with Crippen LogP contribution in [0.2, 0.25) is 0 Å². The van der Waals surface area contributed by atoms with E-state index < -0.39 is 62.8 Å². The monoisotopic (exact) mass is 828 g/mol. The molecule has 9 unspecified atom stereocenters. The van der Waals surface area contributed by atoms with Crippen LogP contribution in [0.4, 0.5) is 0 Å². The SMILES string of the molecule is CCC(C)(CC(C)(CC(C)(CC(C)(C)C(=O)OC1C2CC(C3COC(=O)C32)C1SC1CCCCC1)C(=O)OC12CC3CC(CC(C3)C1)C2)C(=O)OC(C)(C)C)C(=O)O. The molecule has 58 heavy (non-hydrogen) atoms. The number of carboxylic acid groups (broad SMARTS) is 1. The number of cyclic esters (lactones) is 1. The summed E-state index contributed by atoms with van der Waals surface area (Å²) in [7, 11) is 0. The molecule has 0 radical (unpaired) electrons. The second kappa shape index (κ2) is 15.6. The first-order valence-electron chi connectivity index (χ1n) is 22.7. The van der Waals surface area contributed by atoms with E-state index >= 15 is 4.79 Å². The lowest BCUT2D eigenvalue weighted by Gasteiger charge is -2.56. The molecular formula is C47H72O10S. The van der Waals surface area contributed by atoms with Crippen molar-refractivity contribution < 1.29 is 48.0 Å². The quantitative estimate of drug-likeness (QED) is 0.125.